The van der Waals surface area contributed by atoms with Gasteiger partial charge in [0.25, 0.3) is 0 Å². The molecule has 1 aliphatic heterocycles. The number of aliphatic hydroxyl groups is 1. The number of ether oxygens (including phenoxy) is 1. The van der Waals surface area contributed by atoms with Crippen molar-refractivity contribution in [1.29, 1.82) is 0 Å². The molecule has 2 unspecified atom stereocenters. The summed E-state index contributed by atoms with van der Waals surface area (Å²) in [5.41, 5.74) is 0. The molecule has 2 aliphatic rings. The first-order valence-corrected chi connectivity index (χ1v) is 7.81. The van der Waals surface area contributed by atoms with E-state index >= 15 is 0 Å². The van der Waals surface area contributed by atoms with Gasteiger partial charge in [0, 0.05) is 19.7 Å². The average Bonchev–Trinajstić information content (AvgIpc) is 2.40. The molecule has 0 aromatic carbocycles. The van der Waals surface area contributed by atoms with Gasteiger partial charge in [-0.15, -0.1) is 0 Å². The second-order valence-electron chi connectivity index (χ2n) is 5.94. The molecule has 18 heavy (non-hydrogen) atoms. The molecule has 1 saturated carbocycles. The number of piperidine rings is 1. The van der Waals surface area contributed by atoms with Crippen LogP contribution in [0.4, 0.5) is 0 Å². The van der Waals surface area contributed by atoms with Gasteiger partial charge in [0.1, 0.15) is 0 Å². The number of rotatable bonds is 5. The van der Waals surface area contributed by atoms with Crippen LogP contribution in [0.25, 0.3) is 0 Å². The minimum atomic E-state index is -0.120. The largest absolute Gasteiger partial charge is 0.392 e. The minimum Gasteiger partial charge on any atom is -0.392 e. The van der Waals surface area contributed by atoms with E-state index in [1.54, 1.807) is 0 Å². The van der Waals surface area contributed by atoms with Crippen LogP contribution >= 0.6 is 0 Å². The van der Waals surface area contributed by atoms with Crippen LogP contribution in [0, 0.1) is 5.92 Å². The summed E-state index contributed by atoms with van der Waals surface area (Å²) in [6.07, 6.45) is 9.10. The maximum Gasteiger partial charge on any atom is 0.0702 e. The SMILES string of the molecule is CCOC1CCCN(CC(O)C2CCCCC2)C1. The number of nitrogens with zero attached hydrogens (tertiary/aromatic N) is 1. The maximum atomic E-state index is 10.4. The summed E-state index contributed by atoms with van der Waals surface area (Å²) in [6.45, 7) is 5.87. The molecule has 2 rings (SSSR count). The molecular weight excluding hydrogens is 226 g/mol. The van der Waals surface area contributed by atoms with Crippen LogP contribution in [0.15, 0.2) is 0 Å². The van der Waals surface area contributed by atoms with E-state index in [0.717, 1.165) is 26.2 Å². The van der Waals surface area contributed by atoms with Gasteiger partial charge in [-0.2, -0.15) is 0 Å². The molecule has 106 valence electrons. The summed E-state index contributed by atoms with van der Waals surface area (Å²) < 4.78 is 5.72. The number of β-amino-alcohol motifs (C(OH)–C–C–N with tert-alkyl or cyclic N) is 1. The highest BCUT2D eigenvalue weighted by atomic mass is 16.5. The van der Waals surface area contributed by atoms with Gasteiger partial charge in [0.2, 0.25) is 0 Å². The first kappa shape index (κ1) is 14.3. The van der Waals surface area contributed by atoms with Crippen LogP contribution in [-0.2, 0) is 4.74 Å². The molecule has 1 N–H and O–H groups in total. The van der Waals surface area contributed by atoms with E-state index in [2.05, 4.69) is 11.8 Å². The lowest BCUT2D eigenvalue weighted by Gasteiger charge is -2.36. The number of hydrogen-bond acceptors (Lipinski definition) is 3. The van der Waals surface area contributed by atoms with Crippen molar-refractivity contribution in [1.82, 2.24) is 4.90 Å². The third-order valence-electron chi connectivity index (χ3n) is 4.50. The molecule has 2 fully saturated rings. The third-order valence-corrected chi connectivity index (χ3v) is 4.50. The highest BCUT2D eigenvalue weighted by Crippen LogP contribution is 2.27. The molecular formula is C15H29NO2. The van der Waals surface area contributed by atoms with Crippen LogP contribution in [0.2, 0.25) is 0 Å². The fourth-order valence-corrected chi connectivity index (χ4v) is 3.48. The summed E-state index contributed by atoms with van der Waals surface area (Å²) in [5, 5.41) is 10.4. The Morgan fingerprint density at radius 2 is 1.94 bits per heavy atom. The minimum absolute atomic E-state index is 0.120. The molecule has 1 heterocycles. The number of likely N-dealkylation sites (tertiary alicyclic amines) is 1. The van der Waals surface area contributed by atoms with Crippen molar-refractivity contribution >= 4 is 0 Å². The molecule has 0 radical (unpaired) electrons. The third kappa shape index (κ3) is 4.22. The summed E-state index contributed by atoms with van der Waals surface area (Å²) in [5.74, 6) is 0.547. The van der Waals surface area contributed by atoms with E-state index in [1.165, 1.54) is 44.9 Å². The lowest BCUT2D eigenvalue weighted by Crippen LogP contribution is -2.45. The second kappa shape index (κ2) is 7.46. The maximum absolute atomic E-state index is 10.4. The van der Waals surface area contributed by atoms with Crippen molar-refractivity contribution in [2.75, 3.05) is 26.2 Å². The van der Waals surface area contributed by atoms with Gasteiger partial charge in [-0.1, -0.05) is 19.3 Å². The zero-order chi connectivity index (χ0) is 12.8. The van der Waals surface area contributed by atoms with E-state index in [1.807, 2.05) is 0 Å². The molecule has 0 bridgehead atoms. The lowest BCUT2D eigenvalue weighted by molar-refractivity contribution is -0.0181. The Morgan fingerprint density at radius 1 is 1.17 bits per heavy atom. The second-order valence-corrected chi connectivity index (χ2v) is 5.94. The first-order chi connectivity index (χ1) is 8.79. The summed E-state index contributed by atoms with van der Waals surface area (Å²) in [6, 6.07) is 0. The van der Waals surface area contributed by atoms with Crippen LogP contribution in [-0.4, -0.2) is 48.5 Å². The Labute approximate surface area is 112 Å². The Balaban J connectivity index is 1.73. The van der Waals surface area contributed by atoms with E-state index in [0.29, 0.717) is 12.0 Å². The lowest BCUT2D eigenvalue weighted by atomic mass is 9.85. The van der Waals surface area contributed by atoms with E-state index in [-0.39, 0.29) is 6.10 Å². The van der Waals surface area contributed by atoms with E-state index in [9.17, 15) is 5.11 Å². The van der Waals surface area contributed by atoms with E-state index in [4.69, 9.17) is 4.74 Å². The van der Waals surface area contributed by atoms with Gasteiger partial charge in [-0.05, 0) is 45.1 Å². The summed E-state index contributed by atoms with van der Waals surface area (Å²) in [7, 11) is 0. The van der Waals surface area contributed by atoms with Crippen LogP contribution in [0.1, 0.15) is 51.9 Å². The standard InChI is InChI=1S/C15H29NO2/c1-2-18-14-9-6-10-16(11-14)12-15(17)13-7-4-3-5-8-13/h13-15,17H,2-12H2,1H3. The van der Waals surface area contributed by atoms with Crippen LogP contribution in [0.3, 0.4) is 0 Å². The predicted octanol–water partition coefficient (Wildman–Crippen LogP) is 2.43. The molecule has 2 atom stereocenters. The fraction of sp³-hybridized carbons (Fsp3) is 1.00. The monoisotopic (exact) mass is 255 g/mol. The Kier molecular flexibility index (Phi) is 5.93. The normalized spacial score (nSPS) is 29.3. The Morgan fingerprint density at radius 3 is 2.67 bits per heavy atom. The van der Waals surface area contributed by atoms with Crippen LogP contribution < -0.4 is 0 Å². The number of hydrogen-bond donors (Lipinski definition) is 1. The average molecular weight is 255 g/mol. The van der Waals surface area contributed by atoms with Crippen molar-refractivity contribution in [3.63, 3.8) is 0 Å². The zero-order valence-corrected chi connectivity index (χ0v) is 11.8. The highest BCUT2D eigenvalue weighted by Gasteiger charge is 2.26. The number of aliphatic hydroxyl groups excluding tert-OH is 1. The van der Waals surface area contributed by atoms with Crippen molar-refractivity contribution < 1.29 is 9.84 Å². The van der Waals surface area contributed by atoms with Gasteiger partial charge in [0.05, 0.1) is 12.2 Å². The molecule has 0 aromatic heterocycles. The zero-order valence-electron chi connectivity index (χ0n) is 11.8. The molecule has 0 amide bonds. The Hall–Kier alpha value is -0.120. The van der Waals surface area contributed by atoms with Gasteiger partial charge >= 0.3 is 0 Å². The molecule has 1 aliphatic carbocycles. The topological polar surface area (TPSA) is 32.7 Å². The van der Waals surface area contributed by atoms with Crippen molar-refractivity contribution in [2.45, 2.75) is 64.1 Å². The quantitative estimate of drug-likeness (QED) is 0.819. The highest BCUT2D eigenvalue weighted by molar-refractivity contribution is 4.80. The summed E-state index contributed by atoms with van der Waals surface area (Å²) >= 11 is 0. The van der Waals surface area contributed by atoms with Gasteiger partial charge in [-0.25, -0.2) is 0 Å². The van der Waals surface area contributed by atoms with Crippen molar-refractivity contribution in [3.05, 3.63) is 0 Å². The molecule has 0 spiro atoms. The predicted molar refractivity (Wildman–Crippen MR) is 73.7 cm³/mol. The summed E-state index contributed by atoms with van der Waals surface area (Å²) in [4.78, 5) is 2.41. The molecule has 0 aromatic rings. The van der Waals surface area contributed by atoms with E-state index < -0.39 is 0 Å². The van der Waals surface area contributed by atoms with Crippen molar-refractivity contribution in [3.8, 4) is 0 Å². The smallest absolute Gasteiger partial charge is 0.0702 e. The molecule has 1 saturated heterocycles. The molecule has 3 heteroatoms. The van der Waals surface area contributed by atoms with Crippen LogP contribution in [0.5, 0.6) is 0 Å². The Bertz CT molecular complexity index is 227. The fourth-order valence-electron chi connectivity index (χ4n) is 3.48. The van der Waals surface area contributed by atoms with Gasteiger partial charge in [0.15, 0.2) is 0 Å². The van der Waals surface area contributed by atoms with Crippen molar-refractivity contribution in [2.24, 2.45) is 5.92 Å². The first-order valence-electron chi connectivity index (χ1n) is 7.81. The molecule has 3 nitrogen and oxygen atoms in total. The van der Waals surface area contributed by atoms with Gasteiger partial charge < -0.3 is 9.84 Å². The van der Waals surface area contributed by atoms with Gasteiger partial charge in [-0.3, -0.25) is 4.90 Å².